The zero-order valence-electron chi connectivity index (χ0n) is 24.2. The molecule has 224 valence electrons. The lowest BCUT2D eigenvalue weighted by atomic mass is 9.89. The third-order valence-electron chi connectivity index (χ3n) is 7.57. The van der Waals surface area contributed by atoms with Crippen molar-refractivity contribution in [3.05, 3.63) is 110 Å². The predicted molar refractivity (Wildman–Crippen MR) is 161 cm³/mol. The van der Waals surface area contributed by atoms with Crippen LogP contribution < -0.4 is 4.74 Å². The van der Waals surface area contributed by atoms with Crippen LogP contribution in [0.5, 0.6) is 5.75 Å². The van der Waals surface area contributed by atoms with Crippen molar-refractivity contribution in [3.8, 4) is 60.4 Å². The topological polar surface area (TPSA) is 223 Å². The SMILES string of the molecule is N#CC(C#N)=C1C(c2ccc(C#N)c(C#N)c2)=C(C#N)c2cc3c(cc21)C(C#N)=C(c1ccc(OC(F)(F)F)c(C#N)c1)C3=C(C#N)C#N. The van der Waals surface area contributed by atoms with E-state index in [2.05, 4.69) is 10.8 Å². The Balaban J connectivity index is 1.88. The van der Waals surface area contributed by atoms with Crippen molar-refractivity contribution in [2.45, 2.75) is 6.36 Å². The van der Waals surface area contributed by atoms with Crippen LogP contribution in [0, 0.1) is 102 Å². The van der Waals surface area contributed by atoms with Gasteiger partial charge in [-0.05, 0) is 58.7 Å². The molecule has 0 saturated carbocycles. The van der Waals surface area contributed by atoms with E-state index in [9.17, 15) is 60.5 Å². The number of fused-ring (bicyclic) bond motifs is 2. The maximum absolute atomic E-state index is 13.0. The van der Waals surface area contributed by atoms with Gasteiger partial charge in [-0.25, -0.2) is 0 Å². The molecule has 2 aliphatic rings. The van der Waals surface area contributed by atoms with E-state index in [1.165, 1.54) is 30.3 Å². The normalized spacial score (nSPS) is 12.4. The Kier molecular flexibility index (Phi) is 7.97. The van der Waals surface area contributed by atoms with Crippen LogP contribution in [0.2, 0.25) is 0 Å². The van der Waals surface area contributed by atoms with Gasteiger partial charge in [-0.1, -0.05) is 12.1 Å². The molecule has 49 heavy (non-hydrogen) atoms. The van der Waals surface area contributed by atoms with E-state index in [1.807, 2.05) is 18.2 Å². The first-order valence-corrected chi connectivity index (χ1v) is 13.4. The summed E-state index contributed by atoms with van der Waals surface area (Å²) in [6.45, 7) is 0. The summed E-state index contributed by atoms with van der Waals surface area (Å²) in [7, 11) is 0. The molecule has 0 amide bonds. The van der Waals surface area contributed by atoms with Gasteiger partial charge in [0.2, 0.25) is 0 Å². The van der Waals surface area contributed by atoms with E-state index in [0.29, 0.717) is 0 Å². The van der Waals surface area contributed by atoms with Crippen molar-refractivity contribution in [3.63, 3.8) is 0 Å². The van der Waals surface area contributed by atoms with Crippen LogP contribution in [0.3, 0.4) is 0 Å². The van der Waals surface area contributed by atoms with Crippen molar-refractivity contribution in [1.29, 1.82) is 47.4 Å². The molecule has 10 nitrogen and oxygen atoms in total. The van der Waals surface area contributed by atoms with Gasteiger partial charge in [-0.2, -0.15) is 47.4 Å². The van der Waals surface area contributed by atoms with Crippen LogP contribution in [0.25, 0.3) is 33.4 Å². The molecule has 0 aliphatic heterocycles. The summed E-state index contributed by atoms with van der Waals surface area (Å²) in [4.78, 5) is 0. The molecular weight excluding hydrogens is 631 g/mol. The molecule has 0 heterocycles. The maximum atomic E-state index is 13.0. The molecule has 5 rings (SSSR count). The zero-order chi connectivity index (χ0) is 35.6. The first-order valence-electron chi connectivity index (χ1n) is 13.4. The number of nitrogens with zero attached hydrogens (tertiary/aromatic N) is 9. The molecular formula is C36H8F3N9O. The number of alkyl halides is 3. The van der Waals surface area contributed by atoms with E-state index in [-0.39, 0.29) is 77.9 Å². The van der Waals surface area contributed by atoms with Crippen LogP contribution in [-0.2, 0) is 0 Å². The molecule has 13 heteroatoms. The highest BCUT2D eigenvalue weighted by atomic mass is 19.4. The summed E-state index contributed by atoms with van der Waals surface area (Å²) < 4.78 is 42.9. The van der Waals surface area contributed by atoms with Crippen molar-refractivity contribution < 1.29 is 17.9 Å². The summed E-state index contributed by atoms with van der Waals surface area (Å²) in [5.41, 5.74) is -1.23. The molecule has 0 atom stereocenters. The molecule has 0 bridgehead atoms. The molecule has 0 unspecified atom stereocenters. The number of ether oxygens (including phenoxy) is 1. The monoisotopic (exact) mass is 639 g/mol. The fourth-order valence-corrected chi connectivity index (χ4v) is 5.69. The molecule has 0 fully saturated rings. The third-order valence-corrected chi connectivity index (χ3v) is 7.57. The van der Waals surface area contributed by atoms with Crippen LogP contribution in [0.1, 0.15) is 50.1 Å². The summed E-state index contributed by atoms with van der Waals surface area (Å²) in [5.74, 6) is -0.826. The van der Waals surface area contributed by atoms with Crippen LogP contribution >= 0.6 is 0 Å². The average Bonchev–Trinajstić information content (AvgIpc) is 3.59. The standard InChI is InChI=1S/C36H8F3N9O/c37-36(38,39)49-31-4-3-19(6-22(31)11-42)33-30(17-48)26-8-27-25(7-28(26)35(33)24(14-45)15-46)29(16-47)32(34(27)23(12-43)13-44)18-1-2-20(9-40)21(5-18)10-41/h1-8H. The average molecular weight is 640 g/mol. The molecule has 0 aromatic heterocycles. The minimum absolute atomic E-state index is 0.0131. The largest absolute Gasteiger partial charge is 0.573 e. The quantitative estimate of drug-likeness (QED) is 0.276. The molecule has 3 aromatic carbocycles. The fourth-order valence-electron chi connectivity index (χ4n) is 5.69. The number of allylic oxidation sites excluding steroid dienone is 8. The number of nitriles is 9. The molecule has 2 aliphatic carbocycles. The highest BCUT2D eigenvalue weighted by molar-refractivity contribution is 6.29. The second-order valence-electron chi connectivity index (χ2n) is 9.97. The Morgan fingerprint density at radius 3 is 1.31 bits per heavy atom. The smallest absolute Gasteiger partial charge is 0.404 e. The Morgan fingerprint density at radius 1 is 0.490 bits per heavy atom. The molecule has 0 saturated heterocycles. The number of hydrogen-bond donors (Lipinski definition) is 0. The minimum Gasteiger partial charge on any atom is -0.404 e. The Bertz CT molecular complexity index is 2580. The maximum Gasteiger partial charge on any atom is 0.573 e. The van der Waals surface area contributed by atoms with Crippen molar-refractivity contribution in [2.24, 2.45) is 0 Å². The van der Waals surface area contributed by atoms with Gasteiger partial charge in [0.05, 0.1) is 27.8 Å². The summed E-state index contributed by atoms with van der Waals surface area (Å²) in [6, 6.07) is 26.4. The lowest BCUT2D eigenvalue weighted by Crippen LogP contribution is -2.17. The van der Waals surface area contributed by atoms with E-state index >= 15 is 0 Å². The second kappa shape index (κ2) is 12.2. The van der Waals surface area contributed by atoms with Gasteiger partial charge < -0.3 is 4.74 Å². The minimum atomic E-state index is -5.12. The first kappa shape index (κ1) is 32.0. The zero-order valence-corrected chi connectivity index (χ0v) is 24.2. The highest BCUT2D eigenvalue weighted by Gasteiger charge is 2.38. The third kappa shape index (κ3) is 5.12. The number of hydrogen-bond acceptors (Lipinski definition) is 10. The molecule has 0 N–H and O–H groups in total. The number of benzene rings is 3. The van der Waals surface area contributed by atoms with Gasteiger partial charge in [-0.15, -0.1) is 13.2 Å². The lowest BCUT2D eigenvalue weighted by molar-refractivity contribution is -0.274. The van der Waals surface area contributed by atoms with Crippen LogP contribution in [0.4, 0.5) is 13.2 Å². The van der Waals surface area contributed by atoms with Gasteiger partial charge in [0.25, 0.3) is 0 Å². The molecule has 3 aromatic rings. The van der Waals surface area contributed by atoms with E-state index in [4.69, 9.17) is 0 Å². The van der Waals surface area contributed by atoms with Gasteiger partial charge in [-0.3, -0.25) is 0 Å². The fraction of sp³-hybridized carbons (Fsp3) is 0.0278. The highest BCUT2D eigenvalue weighted by Crippen LogP contribution is 2.54. The van der Waals surface area contributed by atoms with Gasteiger partial charge in [0, 0.05) is 33.4 Å². The predicted octanol–water partition coefficient (Wildman–Crippen LogP) is 6.70. The Labute approximate surface area is 274 Å². The van der Waals surface area contributed by atoms with Crippen LogP contribution in [0.15, 0.2) is 59.7 Å². The second-order valence-corrected chi connectivity index (χ2v) is 9.97. The summed E-state index contributed by atoms with van der Waals surface area (Å²) in [6.07, 6.45) is -5.12. The van der Waals surface area contributed by atoms with E-state index < -0.39 is 28.8 Å². The number of rotatable bonds is 3. The van der Waals surface area contributed by atoms with Gasteiger partial charge in [0.1, 0.15) is 71.5 Å². The number of halogens is 3. The molecule has 0 spiro atoms. The van der Waals surface area contributed by atoms with Crippen molar-refractivity contribution in [2.75, 3.05) is 0 Å². The first-order chi connectivity index (χ1) is 23.5. The Hall–Kier alpha value is -8.38. The Morgan fingerprint density at radius 2 is 0.918 bits per heavy atom. The van der Waals surface area contributed by atoms with E-state index in [1.54, 1.807) is 30.3 Å². The van der Waals surface area contributed by atoms with Crippen LogP contribution in [-0.4, -0.2) is 6.36 Å². The summed E-state index contributed by atoms with van der Waals surface area (Å²) in [5, 5.41) is 89.2. The van der Waals surface area contributed by atoms with Gasteiger partial charge in [0.15, 0.2) is 0 Å². The van der Waals surface area contributed by atoms with Crippen molar-refractivity contribution in [1.82, 2.24) is 0 Å². The lowest BCUT2D eigenvalue weighted by Gasteiger charge is -2.13. The molecule has 0 radical (unpaired) electrons. The van der Waals surface area contributed by atoms with Gasteiger partial charge >= 0.3 is 6.36 Å². The van der Waals surface area contributed by atoms with Crippen molar-refractivity contribution >= 4 is 33.4 Å². The summed E-state index contributed by atoms with van der Waals surface area (Å²) >= 11 is 0. The van der Waals surface area contributed by atoms with E-state index in [0.717, 1.165) is 18.2 Å².